The Morgan fingerprint density at radius 1 is 1.17 bits per heavy atom. The van der Waals surface area contributed by atoms with Crippen molar-refractivity contribution in [3.8, 4) is 0 Å². The summed E-state index contributed by atoms with van der Waals surface area (Å²) in [6.45, 7) is 1.97. The lowest BCUT2D eigenvalue weighted by Gasteiger charge is -2.22. The second-order valence-electron chi connectivity index (χ2n) is 5.39. The van der Waals surface area contributed by atoms with Gasteiger partial charge in [-0.05, 0) is 19.8 Å². The van der Waals surface area contributed by atoms with Crippen LogP contribution in [-0.2, 0) is 4.79 Å². The molecule has 0 radical (unpaired) electrons. The summed E-state index contributed by atoms with van der Waals surface area (Å²) in [5, 5.41) is 8.31. The van der Waals surface area contributed by atoms with Gasteiger partial charge in [0.05, 0.1) is 6.42 Å². The van der Waals surface area contributed by atoms with Crippen molar-refractivity contribution < 1.29 is 18.0 Å². The third kappa shape index (κ3) is 11.4. The molecule has 0 saturated heterocycles. The van der Waals surface area contributed by atoms with Crippen LogP contribution in [0.2, 0.25) is 0 Å². The summed E-state index contributed by atoms with van der Waals surface area (Å²) < 4.78 is 36.3. The number of alkyl halides is 3. The summed E-state index contributed by atoms with van der Waals surface area (Å²) >= 11 is 0. The molecule has 0 heterocycles. The van der Waals surface area contributed by atoms with E-state index in [1.807, 2.05) is 6.92 Å². The molecule has 23 heavy (non-hydrogen) atoms. The van der Waals surface area contributed by atoms with Crippen LogP contribution in [0.25, 0.3) is 0 Å². The zero-order chi connectivity index (χ0) is 16.4. The Hall–Kier alpha value is -0.740. The fourth-order valence-electron chi connectivity index (χ4n) is 2.34. The number of amides is 1. The number of hydrogen-bond donors (Lipinski definition) is 3. The number of hydrogen-bond acceptors (Lipinski definition) is 2. The monoisotopic (exact) mass is 450 g/mol. The summed E-state index contributed by atoms with van der Waals surface area (Å²) in [7, 11) is 0. The van der Waals surface area contributed by atoms with Gasteiger partial charge in [0.25, 0.3) is 0 Å². The smallest absolute Gasteiger partial charge is 0.357 e. The Morgan fingerprint density at radius 3 is 2.39 bits per heavy atom. The van der Waals surface area contributed by atoms with Crippen molar-refractivity contribution in [3.05, 3.63) is 0 Å². The molecule has 0 bridgehead atoms. The lowest BCUT2D eigenvalue weighted by molar-refractivity contribution is -0.132. The van der Waals surface area contributed by atoms with Crippen LogP contribution in [0.5, 0.6) is 0 Å². The number of carbonyl (C=O) groups is 1. The third-order valence-corrected chi connectivity index (χ3v) is 3.40. The third-order valence-electron chi connectivity index (χ3n) is 3.40. The highest BCUT2D eigenvalue weighted by molar-refractivity contribution is 14.0. The summed E-state index contributed by atoms with van der Waals surface area (Å²) in [6.07, 6.45) is 0.275. The quantitative estimate of drug-likeness (QED) is 0.331. The van der Waals surface area contributed by atoms with Crippen LogP contribution in [0.4, 0.5) is 13.2 Å². The molecular weight excluding hydrogens is 424 g/mol. The van der Waals surface area contributed by atoms with Gasteiger partial charge in [-0.2, -0.15) is 13.2 Å². The molecule has 1 fully saturated rings. The second kappa shape index (κ2) is 11.7. The van der Waals surface area contributed by atoms with Crippen LogP contribution >= 0.6 is 24.0 Å². The molecule has 0 aromatic heterocycles. The number of nitrogens with one attached hydrogen (secondary N) is 3. The van der Waals surface area contributed by atoms with E-state index >= 15 is 0 Å². The van der Waals surface area contributed by atoms with Crippen molar-refractivity contribution in [2.45, 2.75) is 57.7 Å². The molecule has 1 saturated carbocycles. The Bertz CT molecular complexity index is 372. The molecular formula is C14H26F3IN4O. The first-order chi connectivity index (χ1) is 10.4. The number of aliphatic imine (C=N–C) groups is 1. The van der Waals surface area contributed by atoms with E-state index in [1.165, 1.54) is 6.42 Å². The van der Waals surface area contributed by atoms with Crippen molar-refractivity contribution in [2.24, 2.45) is 4.99 Å². The number of carbonyl (C=O) groups excluding carboxylic acids is 1. The van der Waals surface area contributed by atoms with Crippen molar-refractivity contribution in [1.29, 1.82) is 0 Å². The maximum atomic E-state index is 12.1. The summed E-state index contributed by atoms with van der Waals surface area (Å²) in [5.74, 6) is 0.0328. The van der Waals surface area contributed by atoms with Gasteiger partial charge in [0, 0.05) is 19.1 Å². The standard InChI is InChI=1S/C14H25F3N4O.HI/c1-2-18-13(19-9-8-14(15,16)17)20-10-12(22)21-11-6-4-3-5-7-11;/h11H,2-10H2,1H3,(H,21,22)(H2,18,19,20);1H. The first kappa shape index (κ1) is 22.3. The minimum Gasteiger partial charge on any atom is -0.357 e. The Labute approximate surface area is 152 Å². The van der Waals surface area contributed by atoms with Crippen molar-refractivity contribution >= 4 is 35.8 Å². The first-order valence-corrected chi connectivity index (χ1v) is 7.79. The highest BCUT2D eigenvalue weighted by Gasteiger charge is 2.26. The van der Waals surface area contributed by atoms with Gasteiger partial charge in [0.2, 0.25) is 5.91 Å². The summed E-state index contributed by atoms with van der Waals surface area (Å²) in [4.78, 5) is 15.8. The second-order valence-corrected chi connectivity index (χ2v) is 5.39. The zero-order valence-corrected chi connectivity index (χ0v) is 15.7. The zero-order valence-electron chi connectivity index (χ0n) is 13.3. The average molecular weight is 450 g/mol. The number of guanidine groups is 1. The van der Waals surface area contributed by atoms with Crippen LogP contribution in [0.15, 0.2) is 4.99 Å². The molecule has 9 heteroatoms. The van der Waals surface area contributed by atoms with Crippen molar-refractivity contribution in [2.75, 3.05) is 19.6 Å². The van der Waals surface area contributed by atoms with Gasteiger partial charge < -0.3 is 16.0 Å². The normalized spacial score (nSPS) is 16.4. The van der Waals surface area contributed by atoms with Crippen molar-refractivity contribution in [1.82, 2.24) is 16.0 Å². The number of halogens is 4. The van der Waals surface area contributed by atoms with E-state index in [4.69, 9.17) is 0 Å². The van der Waals surface area contributed by atoms with Gasteiger partial charge in [0.1, 0.15) is 6.54 Å². The molecule has 1 amide bonds. The van der Waals surface area contributed by atoms with Gasteiger partial charge in [0.15, 0.2) is 5.96 Å². The van der Waals surface area contributed by atoms with Crippen LogP contribution < -0.4 is 16.0 Å². The predicted octanol–water partition coefficient (Wildman–Crippen LogP) is 2.56. The molecule has 0 aromatic carbocycles. The molecule has 1 aliphatic rings. The Morgan fingerprint density at radius 2 is 1.83 bits per heavy atom. The van der Waals surface area contributed by atoms with E-state index in [-0.39, 0.29) is 55.0 Å². The molecule has 136 valence electrons. The predicted molar refractivity (Wildman–Crippen MR) is 95.1 cm³/mol. The minimum absolute atomic E-state index is 0. The maximum absolute atomic E-state index is 12.1. The molecule has 0 aromatic rings. The highest BCUT2D eigenvalue weighted by atomic mass is 127. The van der Waals surface area contributed by atoms with Crippen LogP contribution in [-0.4, -0.2) is 43.7 Å². The SMILES string of the molecule is CCNC(=NCC(=O)NC1CCCCC1)NCCC(F)(F)F.I. The fraction of sp³-hybridized carbons (Fsp3) is 0.857. The van der Waals surface area contributed by atoms with E-state index in [9.17, 15) is 18.0 Å². The number of nitrogens with zero attached hydrogens (tertiary/aromatic N) is 1. The van der Waals surface area contributed by atoms with Crippen LogP contribution in [0.1, 0.15) is 45.4 Å². The van der Waals surface area contributed by atoms with E-state index in [1.54, 1.807) is 0 Å². The average Bonchev–Trinajstić information content (AvgIpc) is 2.44. The molecule has 1 aliphatic carbocycles. The molecule has 5 nitrogen and oxygen atoms in total. The lowest BCUT2D eigenvalue weighted by atomic mass is 9.95. The maximum Gasteiger partial charge on any atom is 0.390 e. The Kier molecular flexibility index (Phi) is 11.4. The minimum atomic E-state index is -4.21. The number of rotatable bonds is 6. The first-order valence-electron chi connectivity index (χ1n) is 7.79. The van der Waals surface area contributed by atoms with Crippen LogP contribution in [0, 0.1) is 0 Å². The topological polar surface area (TPSA) is 65.5 Å². The van der Waals surface area contributed by atoms with E-state index in [0.717, 1.165) is 25.7 Å². The van der Waals surface area contributed by atoms with Gasteiger partial charge in [-0.25, -0.2) is 4.99 Å². The van der Waals surface area contributed by atoms with E-state index in [2.05, 4.69) is 20.9 Å². The molecule has 0 aliphatic heterocycles. The summed E-state index contributed by atoms with van der Waals surface area (Å²) in [5.41, 5.74) is 0. The molecule has 1 rings (SSSR count). The van der Waals surface area contributed by atoms with Crippen LogP contribution in [0.3, 0.4) is 0 Å². The molecule has 3 N–H and O–H groups in total. The van der Waals surface area contributed by atoms with Crippen molar-refractivity contribution in [3.63, 3.8) is 0 Å². The lowest BCUT2D eigenvalue weighted by Crippen LogP contribution is -2.41. The van der Waals surface area contributed by atoms with Gasteiger partial charge >= 0.3 is 6.18 Å². The molecule has 0 spiro atoms. The highest BCUT2D eigenvalue weighted by Crippen LogP contribution is 2.18. The van der Waals surface area contributed by atoms with Gasteiger partial charge in [-0.1, -0.05) is 19.3 Å². The Balaban J connectivity index is 0.00000484. The van der Waals surface area contributed by atoms with Gasteiger partial charge in [-0.15, -0.1) is 24.0 Å². The molecule has 0 unspecified atom stereocenters. The molecule has 0 atom stereocenters. The van der Waals surface area contributed by atoms with Gasteiger partial charge in [-0.3, -0.25) is 4.79 Å². The van der Waals surface area contributed by atoms with E-state index in [0.29, 0.717) is 6.54 Å². The summed E-state index contributed by atoms with van der Waals surface area (Å²) in [6, 6.07) is 0.206. The fourth-order valence-corrected chi connectivity index (χ4v) is 2.34. The van der Waals surface area contributed by atoms with E-state index < -0.39 is 12.6 Å². The largest absolute Gasteiger partial charge is 0.390 e.